The van der Waals surface area contributed by atoms with Crippen LogP contribution in [-0.4, -0.2) is 25.6 Å². The summed E-state index contributed by atoms with van der Waals surface area (Å²) in [6.45, 7) is 1.85. The minimum atomic E-state index is -0.480. The first-order valence-corrected chi connectivity index (χ1v) is 7.64. The Morgan fingerprint density at radius 3 is 2.67 bits per heavy atom. The fourth-order valence-corrected chi connectivity index (χ4v) is 2.48. The van der Waals surface area contributed by atoms with Crippen LogP contribution in [0.5, 0.6) is 0 Å². The number of carbonyl (C=O) groups excluding carboxylic acids is 1. The summed E-state index contributed by atoms with van der Waals surface area (Å²) in [6.07, 6.45) is 4.80. The molecule has 0 spiro atoms. The second kappa shape index (κ2) is 6.86. The first-order chi connectivity index (χ1) is 11.5. The highest BCUT2D eigenvalue weighted by molar-refractivity contribution is 6.36. The molecule has 0 unspecified atom stereocenters. The number of hydrogen-bond donors (Lipinski definition) is 2. The minimum absolute atomic E-state index is 0.343. The number of aromatic nitrogens is 4. The van der Waals surface area contributed by atoms with Gasteiger partial charge in [-0.3, -0.25) is 9.88 Å². The van der Waals surface area contributed by atoms with Crippen molar-refractivity contribution in [3.05, 3.63) is 58.9 Å². The average Bonchev–Trinajstić information content (AvgIpc) is 2.96. The topological polar surface area (TPSA) is 84.7 Å². The van der Waals surface area contributed by atoms with Crippen LogP contribution in [0.1, 0.15) is 5.82 Å². The Labute approximate surface area is 147 Å². The predicted molar refractivity (Wildman–Crippen MR) is 93.0 cm³/mol. The number of nitrogens with one attached hydrogen (secondary N) is 2. The molecule has 2 N–H and O–H groups in total. The van der Waals surface area contributed by atoms with Crippen molar-refractivity contribution in [2.45, 2.75) is 6.92 Å². The molecule has 0 fully saturated rings. The molecular formula is C15H12Cl2N6O. The Bertz CT molecular complexity index is 895. The Balaban J connectivity index is 1.74. The van der Waals surface area contributed by atoms with E-state index < -0.39 is 6.03 Å². The summed E-state index contributed by atoms with van der Waals surface area (Å²) in [4.78, 5) is 24.4. The molecule has 0 aliphatic rings. The van der Waals surface area contributed by atoms with E-state index in [-0.39, 0.29) is 0 Å². The first kappa shape index (κ1) is 16.2. The van der Waals surface area contributed by atoms with Crippen molar-refractivity contribution in [2.24, 2.45) is 0 Å². The molecule has 2 heterocycles. The van der Waals surface area contributed by atoms with Gasteiger partial charge in [-0.25, -0.2) is 19.7 Å². The fourth-order valence-electron chi connectivity index (χ4n) is 2.03. The third-order valence-electron chi connectivity index (χ3n) is 3.15. The van der Waals surface area contributed by atoms with Crippen LogP contribution in [0.2, 0.25) is 10.0 Å². The Hall–Kier alpha value is -2.64. The van der Waals surface area contributed by atoms with E-state index in [0.29, 0.717) is 27.4 Å². The van der Waals surface area contributed by atoms with Crippen LogP contribution in [0.4, 0.5) is 16.3 Å². The second-order valence-electron chi connectivity index (χ2n) is 4.81. The molecule has 9 heteroatoms. The van der Waals surface area contributed by atoms with E-state index in [0.717, 1.165) is 5.82 Å². The molecule has 0 aliphatic carbocycles. The number of benzene rings is 1. The van der Waals surface area contributed by atoms with Gasteiger partial charge in [-0.2, -0.15) is 0 Å². The zero-order valence-corrected chi connectivity index (χ0v) is 14.0. The fraction of sp³-hybridized carbons (Fsp3) is 0.0667. The summed E-state index contributed by atoms with van der Waals surface area (Å²) in [5.41, 5.74) is 0.443. The summed E-state index contributed by atoms with van der Waals surface area (Å²) in [6, 6.07) is 5.95. The number of imidazole rings is 1. The lowest BCUT2D eigenvalue weighted by Gasteiger charge is -2.10. The number of halogens is 2. The van der Waals surface area contributed by atoms with Gasteiger partial charge in [0.25, 0.3) is 0 Å². The second-order valence-corrected chi connectivity index (χ2v) is 5.65. The molecule has 2 aromatic heterocycles. The van der Waals surface area contributed by atoms with Crippen molar-refractivity contribution in [1.29, 1.82) is 0 Å². The van der Waals surface area contributed by atoms with Crippen molar-refractivity contribution in [2.75, 3.05) is 10.6 Å². The molecule has 24 heavy (non-hydrogen) atoms. The quantitative estimate of drug-likeness (QED) is 0.739. The monoisotopic (exact) mass is 362 g/mol. The van der Waals surface area contributed by atoms with Crippen LogP contribution in [0.15, 0.2) is 43.0 Å². The zero-order chi connectivity index (χ0) is 17.1. The number of amides is 2. The lowest BCUT2D eigenvalue weighted by atomic mass is 10.3. The van der Waals surface area contributed by atoms with Gasteiger partial charge in [0.15, 0.2) is 0 Å². The van der Waals surface area contributed by atoms with E-state index in [2.05, 4.69) is 25.6 Å². The van der Waals surface area contributed by atoms with Gasteiger partial charge in [0.1, 0.15) is 23.8 Å². The maximum absolute atomic E-state index is 12.1. The van der Waals surface area contributed by atoms with E-state index >= 15 is 0 Å². The van der Waals surface area contributed by atoms with Crippen molar-refractivity contribution in [3.8, 4) is 5.82 Å². The molecule has 0 saturated heterocycles. The Kier molecular flexibility index (Phi) is 4.64. The summed E-state index contributed by atoms with van der Waals surface area (Å²) in [5, 5.41) is 6.09. The van der Waals surface area contributed by atoms with Crippen molar-refractivity contribution >= 4 is 40.7 Å². The maximum Gasteiger partial charge on any atom is 0.324 e. The van der Waals surface area contributed by atoms with Gasteiger partial charge < -0.3 is 5.32 Å². The number of rotatable bonds is 3. The normalized spacial score (nSPS) is 10.5. The van der Waals surface area contributed by atoms with Crippen LogP contribution in [0.25, 0.3) is 5.82 Å². The molecule has 0 bridgehead atoms. The van der Waals surface area contributed by atoms with E-state index in [4.69, 9.17) is 23.2 Å². The van der Waals surface area contributed by atoms with Gasteiger partial charge in [-0.1, -0.05) is 23.2 Å². The lowest BCUT2D eigenvalue weighted by molar-refractivity contribution is 0.262. The number of urea groups is 1. The lowest BCUT2D eigenvalue weighted by Crippen LogP contribution is -2.20. The van der Waals surface area contributed by atoms with Crippen LogP contribution >= 0.6 is 23.2 Å². The van der Waals surface area contributed by atoms with Crippen LogP contribution in [0, 0.1) is 6.92 Å². The maximum atomic E-state index is 12.1. The van der Waals surface area contributed by atoms with Crippen molar-refractivity contribution in [1.82, 2.24) is 19.5 Å². The molecule has 1 aromatic carbocycles. The zero-order valence-electron chi connectivity index (χ0n) is 12.5. The molecule has 0 atom stereocenters. The SMILES string of the molecule is Cc1nccn1-c1cc(NC(=O)Nc2ccc(Cl)cc2Cl)ncn1. The smallest absolute Gasteiger partial charge is 0.306 e. The molecule has 0 aliphatic heterocycles. The molecule has 7 nitrogen and oxygen atoms in total. The predicted octanol–water partition coefficient (Wildman–Crippen LogP) is 3.92. The van der Waals surface area contributed by atoms with Gasteiger partial charge in [-0.05, 0) is 25.1 Å². The molecule has 2 amide bonds. The highest BCUT2D eigenvalue weighted by Crippen LogP contribution is 2.25. The molecule has 0 radical (unpaired) electrons. The summed E-state index contributed by atoms with van der Waals surface area (Å²) >= 11 is 11.8. The minimum Gasteiger partial charge on any atom is -0.306 e. The third kappa shape index (κ3) is 3.64. The van der Waals surface area contributed by atoms with E-state index in [1.807, 2.05) is 6.92 Å². The van der Waals surface area contributed by atoms with Gasteiger partial charge >= 0.3 is 6.03 Å². The standard InChI is InChI=1S/C15H12Cl2N6O/c1-9-18-4-5-23(9)14-7-13(19-8-20-14)22-15(24)21-12-3-2-10(16)6-11(12)17/h2-8H,1H3,(H2,19,20,21,22,24). The number of aryl methyl sites for hydroxylation is 1. The summed E-state index contributed by atoms with van der Waals surface area (Å²) in [5.74, 6) is 1.72. The molecular weight excluding hydrogens is 351 g/mol. The van der Waals surface area contributed by atoms with Crippen LogP contribution in [0.3, 0.4) is 0 Å². The largest absolute Gasteiger partial charge is 0.324 e. The van der Waals surface area contributed by atoms with E-state index in [1.165, 1.54) is 6.33 Å². The molecule has 3 aromatic rings. The molecule has 3 rings (SSSR count). The number of nitrogens with zero attached hydrogens (tertiary/aromatic N) is 4. The van der Waals surface area contributed by atoms with Gasteiger partial charge in [0.05, 0.1) is 10.7 Å². The van der Waals surface area contributed by atoms with Crippen LogP contribution < -0.4 is 10.6 Å². The first-order valence-electron chi connectivity index (χ1n) is 6.88. The van der Waals surface area contributed by atoms with E-state index in [1.54, 1.807) is 41.2 Å². The number of anilines is 2. The Morgan fingerprint density at radius 1 is 1.12 bits per heavy atom. The van der Waals surface area contributed by atoms with E-state index in [9.17, 15) is 4.79 Å². The Morgan fingerprint density at radius 2 is 1.96 bits per heavy atom. The average molecular weight is 363 g/mol. The van der Waals surface area contributed by atoms with Gasteiger partial charge in [0.2, 0.25) is 0 Å². The number of hydrogen-bond acceptors (Lipinski definition) is 4. The van der Waals surface area contributed by atoms with Crippen LogP contribution in [-0.2, 0) is 0 Å². The van der Waals surface area contributed by atoms with Crippen molar-refractivity contribution < 1.29 is 4.79 Å². The number of carbonyl (C=O) groups is 1. The molecule has 0 saturated carbocycles. The highest BCUT2D eigenvalue weighted by atomic mass is 35.5. The molecule has 122 valence electrons. The summed E-state index contributed by atoms with van der Waals surface area (Å²) < 4.78 is 1.78. The third-order valence-corrected chi connectivity index (χ3v) is 3.69. The van der Waals surface area contributed by atoms with Crippen molar-refractivity contribution in [3.63, 3.8) is 0 Å². The highest BCUT2D eigenvalue weighted by Gasteiger charge is 2.09. The van der Waals surface area contributed by atoms with Gasteiger partial charge in [-0.15, -0.1) is 0 Å². The van der Waals surface area contributed by atoms with Gasteiger partial charge in [0, 0.05) is 23.5 Å². The summed E-state index contributed by atoms with van der Waals surface area (Å²) in [7, 11) is 0.